The van der Waals surface area contributed by atoms with Gasteiger partial charge in [-0.05, 0) is 61.2 Å². The first-order valence-corrected chi connectivity index (χ1v) is 12.9. The second-order valence-corrected chi connectivity index (χ2v) is 10.1. The number of esters is 1. The van der Waals surface area contributed by atoms with Crippen LogP contribution in [0.3, 0.4) is 0 Å². The molecule has 1 fully saturated rings. The lowest BCUT2D eigenvalue weighted by Gasteiger charge is -2.40. The van der Waals surface area contributed by atoms with Gasteiger partial charge in [-0.25, -0.2) is 14.6 Å². The minimum atomic E-state index is -0.388. The average Bonchev–Trinajstić information content (AvgIpc) is 2.87. The van der Waals surface area contributed by atoms with E-state index in [0.717, 1.165) is 29.4 Å². The molecule has 2 N–H and O–H groups in total. The van der Waals surface area contributed by atoms with Gasteiger partial charge in [-0.3, -0.25) is 0 Å². The normalized spacial score (nSPS) is 17.1. The predicted molar refractivity (Wildman–Crippen MR) is 143 cm³/mol. The zero-order valence-electron chi connectivity index (χ0n) is 20.6. The van der Waals surface area contributed by atoms with Crippen LogP contribution in [-0.4, -0.2) is 41.0 Å². The molecule has 1 unspecified atom stereocenters. The van der Waals surface area contributed by atoms with E-state index in [1.165, 1.54) is 0 Å². The van der Waals surface area contributed by atoms with Crippen molar-refractivity contribution in [3.63, 3.8) is 0 Å². The van der Waals surface area contributed by atoms with Gasteiger partial charge in [-0.15, -0.1) is 0 Å². The number of amides is 2. The van der Waals surface area contributed by atoms with Crippen LogP contribution in [0.25, 0.3) is 0 Å². The van der Waals surface area contributed by atoms with Crippen molar-refractivity contribution in [2.24, 2.45) is 10.9 Å². The van der Waals surface area contributed by atoms with E-state index >= 15 is 0 Å². The number of amidine groups is 1. The van der Waals surface area contributed by atoms with E-state index in [0.29, 0.717) is 34.8 Å². The molecule has 0 spiro atoms. The molecule has 9 heteroatoms. The molecule has 8 nitrogen and oxygen atoms in total. The fourth-order valence-electron chi connectivity index (χ4n) is 4.07. The molecule has 2 aliphatic heterocycles. The Hall–Kier alpha value is -3.77. The maximum absolute atomic E-state index is 13.1. The van der Waals surface area contributed by atoms with Gasteiger partial charge < -0.3 is 20.3 Å². The number of rotatable bonds is 6. The summed E-state index contributed by atoms with van der Waals surface area (Å²) in [6.45, 7) is 7.03. The number of nitrogens with one attached hydrogen (secondary N) is 2. The molecule has 0 bridgehead atoms. The molecule has 1 atom stereocenters. The fraction of sp³-hybridized carbons (Fsp3) is 0.333. The lowest BCUT2D eigenvalue weighted by molar-refractivity contribution is -0.140. The van der Waals surface area contributed by atoms with Crippen molar-refractivity contribution < 1.29 is 14.3 Å². The van der Waals surface area contributed by atoms with Crippen molar-refractivity contribution >= 4 is 40.3 Å². The first kappa shape index (κ1) is 25.3. The second-order valence-electron chi connectivity index (χ2n) is 9.07. The molecular weight excluding hydrogens is 474 g/mol. The van der Waals surface area contributed by atoms with Crippen molar-refractivity contribution in [2.75, 3.05) is 29.5 Å². The zero-order chi connectivity index (χ0) is 25.7. The van der Waals surface area contributed by atoms with Gasteiger partial charge in [0.1, 0.15) is 0 Å². The molecule has 2 aliphatic rings. The molecule has 1 saturated heterocycles. The Bertz CT molecular complexity index is 1230. The first-order chi connectivity index (χ1) is 17.4. The summed E-state index contributed by atoms with van der Waals surface area (Å²) in [4.78, 5) is 32.5. The van der Waals surface area contributed by atoms with Gasteiger partial charge >= 0.3 is 12.0 Å². The van der Waals surface area contributed by atoms with Gasteiger partial charge in [0.25, 0.3) is 0 Å². The van der Waals surface area contributed by atoms with Crippen LogP contribution >= 0.6 is 11.8 Å². The molecule has 0 radical (unpaired) electrons. The van der Waals surface area contributed by atoms with Crippen molar-refractivity contribution in [1.82, 2.24) is 4.90 Å². The number of benzene rings is 2. The van der Waals surface area contributed by atoms with E-state index in [-0.39, 0.29) is 24.0 Å². The number of ether oxygens (including phenoxy) is 1. The third kappa shape index (κ3) is 5.89. The van der Waals surface area contributed by atoms with E-state index in [9.17, 15) is 9.59 Å². The summed E-state index contributed by atoms with van der Waals surface area (Å²) < 4.78 is 5.61. The summed E-state index contributed by atoms with van der Waals surface area (Å²) in [5.41, 5.74) is 3.90. The molecule has 4 rings (SSSR count). The van der Waals surface area contributed by atoms with Crippen LogP contribution in [-0.2, 0) is 9.53 Å². The molecule has 2 heterocycles. The van der Waals surface area contributed by atoms with E-state index < -0.39 is 0 Å². The van der Waals surface area contributed by atoms with E-state index in [2.05, 4.69) is 15.5 Å². The van der Waals surface area contributed by atoms with Gasteiger partial charge in [0.05, 0.1) is 35.6 Å². The quantitative estimate of drug-likeness (QED) is 0.502. The SMILES string of the molecule is CC1=C(C(=O)OCC(C)C)C(c2ccc(NC(=O)Nc3ccc(C#N)cc3)cc2)N2CCCSC2=N1. The summed E-state index contributed by atoms with van der Waals surface area (Å²) in [5, 5.41) is 15.4. The number of anilines is 2. The number of nitriles is 1. The maximum Gasteiger partial charge on any atom is 0.338 e. The molecule has 2 aromatic carbocycles. The molecule has 2 amide bonds. The Morgan fingerprint density at radius 2 is 1.78 bits per heavy atom. The first-order valence-electron chi connectivity index (χ1n) is 11.9. The third-order valence-electron chi connectivity index (χ3n) is 5.78. The lowest BCUT2D eigenvalue weighted by Crippen LogP contribution is -2.42. The number of carbonyl (C=O) groups excluding carboxylic acids is 2. The molecule has 2 aromatic rings. The van der Waals surface area contributed by atoms with Crippen molar-refractivity contribution in [3.8, 4) is 6.07 Å². The Morgan fingerprint density at radius 1 is 1.14 bits per heavy atom. The smallest absolute Gasteiger partial charge is 0.338 e. The largest absolute Gasteiger partial charge is 0.462 e. The Morgan fingerprint density at radius 3 is 2.39 bits per heavy atom. The molecule has 36 heavy (non-hydrogen) atoms. The van der Waals surface area contributed by atoms with Crippen LogP contribution in [0.15, 0.2) is 64.8 Å². The molecule has 0 aliphatic carbocycles. The number of fused-ring (bicyclic) bond motifs is 1. The van der Waals surface area contributed by atoms with Crippen molar-refractivity contribution in [2.45, 2.75) is 33.2 Å². The van der Waals surface area contributed by atoms with E-state index in [4.69, 9.17) is 15.0 Å². The van der Waals surface area contributed by atoms with Gasteiger partial charge in [0, 0.05) is 23.7 Å². The second kappa shape index (κ2) is 11.3. The van der Waals surface area contributed by atoms with Gasteiger partial charge in [0.15, 0.2) is 5.17 Å². The van der Waals surface area contributed by atoms with Gasteiger partial charge in [-0.1, -0.05) is 37.7 Å². The van der Waals surface area contributed by atoms with Crippen LogP contribution in [0, 0.1) is 17.2 Å². The number of hydrogen-bond donors (Lipinski definition) is 2. The molecule has 0 aromatic heterocycles. The number of nitrogens with zero attached hydrogens (tertiary/aromatic N) is 3. The summed E-state index contributed by atoms with van der Waals surface area (Å²) in [6, 6.07) is 15.5. The summed E-state index contributed by atoms with van der Waals surface area (Å²) in [6.07, 6.45) is 1.00. The third-order valence-corrected chi connectivity index (χ3v) is 6.86. The lowest BCUT2D eigenvalue weighted by atomic mass is 9.94. The number of urea groups is 1. The average molecular weight is 504 g/mol. The number of thioether (sulfide) groups is 1. The summed E-state index contributed by atoms with van der Waals surface area (Å²) in [7, 11) is 0. The van der Waals surface area contributed by atoms with Crippen molar-refractivity contribution in [1.29, 1.82) is 5.26 Å². The monoisotopic (exact) mass is 503 g/mol. The van der Waals surface area contributed by atoms with Crippen molar-refractivity contribution in [3.05, 3.63) is 70.9 Å². The zero-order valence-corrected chi connectivity index (χ0v) is 21.4. The van der Waals surface area contributed by atoms with Crippen LogP contribution < -0.4 is 10.6 Å². The van der Waals surface area contributed by atoms with Gasteiger partial charge in [0.2, 0.25) is 0 Å². The minimum absolute atomic E-state index is 0.238. The van der Waals surface area contributed by atoms with Crippen LogP contribution in [0.2, 0.25) is 0 Å². The number of carbonyl (C=O) groups is 2. The van der Waals surface area contributed by atoms with E-state index in [1.54, 1.807) is 36.0 Å². The Labute approximate surface area is 215 Å². The number of allylic oxidation sites excluding steroid dienone is 1. The Kier molecular flexibility index (Phi) is 7.96. The minimum Gasteiger partial charge on any atom is -0.462 e. The number of aliphatic imine (C=N–C) groups is 1. The highest BCUT2D eigenvalue weighted by molar-refractivity contribution is 8.13. The maximum atomic E-state index is 13.1. The molecular formula is C27H29N5O3S. The predicted octanol–water partition coefficient (Wildman–Crippen LogP) is 5.53. The van der Waals surface area contributed by atoms with E-state index in [1.807, 2.05) is 51.1 Å². The Balaban J connectivity index is 1.52. The molecule has 0 saturated carbocycles. The standard InChI is InChI=1S/C27H29N5O3S/c1-17(2)16-35-25(33)23-18(3)29-27-32(13-4-14-36-27)24(23)20-7-11-22(12-8-20)31-26(34)30-21-9-5-19(15-28)6-10-21/h5-12,17,24H,4,13-14,16H2,1-3H3,(H2,30,31,34). The van der Waals surface area contributed by atoms with Crippen LogP contribution in [0.4, 0.5) is 16.2 Å². The van der Waals surface area contributed by atoms with Crippen LogP contribution in [0.1, 0.15) is 44.4 Å². The highest BCUT2D eigenvalue weighted by atomic mass is 32.2. The van der Waals surface area contributed by atoms with Gasteiger partial charge in [-0.2, -0.15) is 5.26 Å². The highest BCUT2D eigenvalue weighted by Crippen LogP contribution is 2.40. The van der Waals surface area contributed by atoms with Crippen LogP contribution in [0.5, 0.6) is 0 Å². The molecule has 186 valence electrons. The summed E-state index contributed by atoms with van der Waals surface area (Å²) in [5.74, 6) is 0.899. The number of hydrogen-bond acceptors (Lipinski definition) is 7. The fourth-order valence-corrected chi connectivity index (χ4v) is 5.09. The highest BCUT2D eigenvalue weighted by Gasteiger charge is 2.38. The topological polar surface area (TPSA) is 107 Å². The summed E-state index contributed by atoms with van der Waals surface area (Å²) >= 11 is 1.70.